The van der Waals surface area contributed by atoms with Crippen molar-refractivity contribution in [1.82, 2.24) is 30.0 Å². The van der Waals surface area contributed by atoms with Gasteiger partial charge in [0, 0.05) is 18.7 Å². The van der Waals surface area contributed by atoms with E-state index in [0.717, 1.165) is 35.4 Å². The van der Waals surface area contributed by atoms with E-state index in [2.05, 4.69) is 51.5 Å². The number of aromatic nitrogens is 5. The molecular formula is C22H24N6OS. The quantitative estimate of drug-likeness (QED) is 0.336. The number of hydrogen-bond acceptors (Lipinski definition) is 5. The number of nitrogens with zero attached hydrogens (tertiary/aromatic N) is 4. The molecule has 154 valence electrons. The molecule has 4 aromatic rings. The highest BCUT2D eigenvalue weighted by atomic mass is 32.2. The normalized spacial score (nSPS) is 11.1. The molecule has 0 radical (unpaired) electrons. The van der Waals surface area contributed by atoms with Gasteiger partial charge in [0.05, 0.1) is 16.8 Å². The minimum Gasteiger partial charge on any atom is -0.355 e. The fourth-order valence-corrected chi connectivity index (χ4v) is 3.92. The van der Waals surface area contributed by atoms with Gasteiger partial charge in [0.15, 0.2) is 5.16 Å². The van der Waals surface area contributed by atoms with Crippen molar-refractivity contribution in [1.29, 1.82) is 0 Å². The number of carbonyl (C=O) groups is 1. The summed E-state index contributed by atoms with van der Waals surface area (Å²) in [6, 6.07) is 14.2. The van der Waals surface area contributed by atoms with E-state index in [-0.39, 0.29) is 5.91 Å². The monoisotopic (exact) mass is 420 g/mol. The lowest BCUT2D eigenvalue weighted by Gasteiger charge is -2.09. The number of aromatic amines is 1. The summed E-state index contributed by atoms with van der Waals surface area (Å²) in [7, 11) is 0. The number of benzene rings is 2. The maximum atomic E-state index is 12.2. The van der Waals surface area contributed by atoms with Crippen LogP contribution in [0.2, 0.25) is 0 Å². The lowest BCUT2D eigenvalue weighted by molar-refractivity contribution is -0.118. The first-order valence-electron chi connectivity index (χ1n) is 9.91. The first-order valence-corrected chi connectivity index (χ1v) is 10.9. The zero-order valence-electron chi connectivity index (χ0n) is 17.1. The second-order valence-electron chi connectivity index (χ2n) is 7.19. The predicted molar refractivity (Wildman–Crippen MR) is 119 cm³/mol. The molecule has 4 rings (SSSR count). The Morgan fingerprint density at radius 3 is 2.87 bits per heavy atom. The van der Waals surface area contributed by atoms with Crippen molar-refractivity contribution in [3.05, 3.63) is 65.7 Å². The molecule has 30 heavy (non-hydrogen) atoms. The van der Waals surface area contributed by atoms with Crippen molar-refractivity contribution in [2.24, 2.45) is 0 Å². The summed E-state index contributed by atoms with van der Waals surface area (Å²) >= 11 is 1.38. The zero-order valence-corrected chi connectivity index (χ0v) is 17.9. The number of fused-ring (bicyclic) bond motifs is 1. The molecule has 8 heteroatoms. The highest BCUT2D eigenvalue weighted by Crippen LogP contribution is 2.21. The third kappa shape index (κ3) is 4.71. The van der Waals surface area contributed by atoms with Crippen LogP contribution in [-0.2, 0) is 11.2 Å². The van der Waals surface area contributed by atoms with Gasteiger partial charge in [-0.3, -0.25) is 9.36 Å². The number of para-hydroxylation sites is 2. The SMILES string of the molecule is Cc1ccc(-n2cnnc2SCC(=O)NCCCc2nc3ccccc3[nH]2)cc1C. The molecule has 7 nitrogen and oxygen atoms in total. The number of nitrogens with one attached hydrogen (secondary N) is 2. The van der Waals surface area contributed by atoms with Gasteiger partial charge < -0.3 is 10.3 Å². The van der Waals surface area contributed by atoms with Gasteiger partial charge in [0.1, 0.15) is 12.2 Å². The fraction of sp³-hybridized carbons (Fsp3) is 0.273. The van der Waals surface area contributed by atoms with Crippen molar-refractivity contribution in [3.63, 3.8) is 0 Å². The molecule has 0 saturated heterocycles. The van der Waals surface area contributed by atoms with Crippen LogP contribution in [0.25, 0.3) is 16.7 Å². The van der Waals surface area contributed by atoms with Crippen LogP contribution in [0.3, 0.4) is 0 Å². The topological polar surface area (TPSA) is 88.5 Å². The first kappa shape index (κ1) is 20.2. The third-order valence-corrected chi connectivity index (χ3v) is 5.91. The summed E-state index contributed by atoms with van der Waals surface area (Å²) in [5, 5.41) is 11.8. The van der Waals surface area contributed by atoms with Crippen LogP contribution in [0.1, 0.15) is 23.4 Å². The van der Waals surface area contributed by atoms with E-state index in [9.17, 15) is 4.79 Å². The molecule has 0 aliphatic carbocycles. The number of rotatable bonds is 8. The summed E-state index contributed by atoms with van der Waals surface area (Å²) in [6.07, 6.45) is 3.30. The largest absolute Gasteiger partial charge is 0.355 e. The Kier molecular flexibility index (Phi) is 6.13. The number of hydrogen-bond donors (Lipinski definition) is 2. The summed E-state index contributed by atoms with van der Waals surface area (Å²) < 4.78 is 1.91. The number of amides is 1. The highest BCUT2D eigenvalue weighted by Gasteiger charge is 2.11. The third-order valence-electron chi connectivity index (χ3n) is 4.97. The second-order valence-corrected chi connectivity index (χ2v) is 8.14. The molecule has 0 unspecified atom stereocenters. The Bertz CT molecular complexity index is 1130. The van der Waals surface area contributed by atoms with E-state index in [1.807, 2.05) is 34.9 Å². The zero-order chi connectivity index (χ0) is 20.9. The summed E-state index contributed by atoms with van der Waals surface area (Å²) in [5.74, 6) is 1.23. The molecule has 0 saturated carbocycles. The summed E-state index contributed by atoms with van der Waals surface area (Å²) in [6.45, 7) is 4.77. The van der Waals surface area contributed by atoms with Crippen LogP contribution in [0.4, 0.5) is 0 Å². The molecule has 1 amide bonds. The maximum absolute atomic E-state index is 12.2. The average Bonchev–Trinajstić information content (AvgIpc) is 3.38. The average molecular weight is 421 g/mol. The number of carbonyl (C=O) groups excluding carboxylic acids is 1. The van der Waals surface area contributed by atoms with E-state index < -0.39 is 0 Å². The Morgan fingerprint density at radius 2 is 2.03 bits per heavy atom. The highest BCUT2D eigenvalue weighted by molar-refractivity contribution is 7.99. The molecular weight excluding hydrogens is 396 g/mol. The molecule has 0 atom stereocenters. The molecule has 0 aliphatic heterocycles. The number of H-pyrrole nitrogens is 1. The van der Waals surface area contributed by atoms with Crippen molar-refractivity contribution in [2.75, 3.05) is 12.3 Å². The maximum Gasteiger partial charge on any atom is 0.230 e. The molecule has 2 aromatic heterocycles. The number of aryl methyl sites for hydroxylation is 3. The lowest BCUT2D eigenvalue weighted by atomic mass is 10.1. The Hall–Kier alpha value is -3.13. The van der Waals surface area contributed by atoms with Gasteiger partial charge in [0.25, 0.3) is 0 Å². The van der Waals surface area contributed by atoms with Gasteiger partial charge in [-0.1, -0.05) is 30.0 Å². The fourth-order valence-electron chi connectivity index (χ4n) is 3.16. The number of thioether (sulfide) groups is 1. The first-order chi connectivity index (χ1) is 14.6. The van der Waals surface area contributed by atoms with Crippen LogP contribution < -0.4 is 5.32 Å². The van der Waals surface area contributed by atoms with Crippen LogP contribution in [0.5, 0.6) is 0 Å². The van der Waals surface area contributed by atoms with Gasteiger partial charge in [-0.05, 0) is 55.7 Å². The van der Waals surface area contributed by atoms with E-state index in [4.69, 9.17) is 0 Å². The van der Waals surface area contributed by atoms with Crippen LogP contribution in [0, 0.1) is 13.8 Å². The van der Waals surface area contributed by atoms with Crippen LogP contribution >= 0.6 is 11.8 Å². The lowest BCUT2D eigenvalue weighted by Crippen LogP contribution is -2.26. The summed E-state index contributed by atoms with van der Waals surface area (Å²) in [4.78, 5) is 20.1. The van der Waals surface area contributed by atoms with Crippen LogP contribution in [-0.4, -0.2) is 42.9 Å². The smallest absolute Gasteiger partial charge is 0.230 e. The van der Waals surface area contributed by atoms with Crippen LogP contribution in [0.15, 0.2) is 53.9 Å². The van der Waals surface area contributed by atoms with Gasteiger partial charge in [-0.25, -0.2) is 4.98 Å². The molecule has 0 aliphatic rings. The molecule has 0 fully saturated rings. The van der Waals surface area contributed by atoms with Crippen molar-refractivity contribution >= 4 is 28.7 Å². The van der Waals surface area contributed by atoms with Crippen molar-refractivity contribution < 1.29 is 4.79 Å². The predicted octanol–water partition coefficient (Wildman–Crippen LogP) is 3.60. The minimum atomic E-state index is -0.0146. The van der Waals surface area contributed by atoms with Crippen molar-refractivity contribution in [3.8, 4) is 5.69 Å². The minimum absolute atomic E-state index is 0.0146. The molecule has 2 aromatic carbocycles. The van der Waals surface area contributed by atoms with E-state index in [1.54, 1.807) is 6.33 Å². The summed E-state index contributed by atoms with van der Waals surface area (Å²) in [5.41, 5.74) is 5.46. The Morgan fingerprint density at radius 1 is 1.17 bits per heavy atom. The Labute approximate surface area is 179 Å². The molecule has 0 spiro atoms. The molecule has 2 heterocycles. The molecule has 0 bridgehead atoms. The van der Waals surface area contributed by atoms with E-state index in [0.29, 0.717) is 17.5 Å². The second kappa shape index (κ2) is 9.13. The van der Waals surface area contributed by atoms with Gasteiger partial charge >= 0.3 is 0 Å². The molecule has 2 N–H and O–H groups in total. The van der Waals surface area contributed by atoms with Crippen molar-refractivity contribution in [2.45, 2.75) is 31.8 Å². The van der Waals surface area contributed by atoms with Gasteiger partial charge in [-0.2, -0.15) is 0 Å². The van der Waals surface area contributed by atoms with E-state index >= 15 is 0 Å². The number of imidazole rings is 1. The Balaban J connectivity index is 1.24. The standard InChI is InChI=1S/C22H24N6OS/c1-15-9-10-17(12-16(15)2)28-14-24-27-22(28)30-13-21(29)23-11-5-8-20-25-18-6-3-4-7-19(18)26-20/h3-4,6-7,9-10,12,14H,5,8,11,13H2,1-2H3,(H,23,29)(H,25,26). The van der Waals surface area contributed by atoms with Gasteiger partial charge in [0.2, 0.25) is 5.91 Å². The van der Waals surface area contributed by atoms with E-state index in [1.165, 1.54) is 22.9 Å². The van der Waals surface area contributed by atoms with Gasteiger partial charge in [-0.15, -0.1) is 10.2 Å².